The van der Waals surface area contributed by atoms with Crippen molar-refractivity contribution in [3.8, 4) is 5.75 Å². The molecule has 0 atom stereocenters. The predicted octanol–water partition coefficient (Wildman–Crippen LogP) is 4.55. The SMILES string of the molecule is CCCCCCn1nc(C(=O)OCc2cc(C(C)=O)ccc2OC)c2ccccc2c1=O. The van der Waals surface area contributed by atoms with Crippen LogP contribution in [0.25, 0.3) is 10.8 Å². The Kier molecular flexibility index (Phi) is 7.76. The summed E-state index contributed by atoms with van der Waals surface area (Å²) in [6, 6.07) is 11.9. The van der Waals surface area contributed by atoms with Gasteiger partial charge in [-0.3, -0.25) is 9.59 Å². The summed E-state index contributed by atoms with van der Waals surface area (Å²) < 4.78 is 12.2. The van der Waals surface area contributed by atoms with Gasteiger partial charge in [-0.2, -0.15) is 5.10 Å². The zero-order valence-electron chi connectivity index (χ0n) is 18.7. The van der Waals surface area contributed by atoms with E-state index in [1.54, 1.807) is 42.5 Å². The predicted molar refractivity (Wildman–Crippen MR) is 122 cm³/mol. The molecule has 0 aliphatic carbocycles. The first-order valence-corrected chi connectivity index (χ1v) is 10.8. The molecule has 7 nitrogen and oxygen atoms in total. The zero-order chi connectivity index (χ0) is 23.1. The van der Waals surface area contributed by atoms with Crippen molar-refractivity contribution < 1.29 is 19.1 Å². The summed E-state index contributed by atoms with van der Waals surface area (Å²) in [5.41, 5.74) is 0.952. The average molecular weight is 437 g/mol. The van der Waals surface area contributed by atoms with Crippen LogP contribution in [0, 0.1) is 0 Å². The van der Waals surface area contributed by atoms with Gasteiger partial charge in [0.05, 0.1) is 12.5 Å². The van der Waals surface area contributed by atoms with Crippen LogP contribution in [0.15, 0.2) is 47.3 Å². The molecule has 0 fully saturated rings. The molecule has 0 bridgehead atoms. The first kappa shape index (κ1) is 23.2. The molecule has 1 heterocycles. The number of hydrogen-bond acceptors (Lipinski definition) is 6. The van der Waals surface area contributed by atoms with E-state index in [0.717, 1.165) is 25.7 Å². The number of unbranched alkanes of at least 4 members (excludes halogenated alkanes) is 3. The number of ketones is 1. The fourth-order valence-electron chi connectivity index (χ4n) is 3.55. The van der Waals surface area contributed by atoms with Crippen LogP contribution in [-0.4, -0.2) is 28.6 Å². The largest absolute Gasteiger partial charge is 0.496 e. The molecule has 1 aromatic heterocycles. The molecule has 32 heavy (non-hydrogen) atoms. The summed E-state index contributed by atoms with van der Waals surface area (Å²) in [7, 11) is 1.51. The van der Waals surface area contributed by atoms with Crippen molar-refractivity contribution >= 4 is 22.5 Å². The third-order valence-electron chi connectivity index (χ3n) is 5.33. The Morgan fingerprint density at radius 2 is 1.78 bits per heavy atom. The maximum atomic E-state index is 13.0. The Bertz CT molecular complexity index is 1180. The van der Waals surface area contributed by atoms with Crippen molar-refractivity contribution in [2.24, 2.45) is 0 Å². The summed E-state index contributed by atoms with van der Waals surface area (Å²) in [5.74, 6) is -0.219. The maximum Gasteiger partial charge on any atom is 0.359 e. The van der Waals surface area contributed by atoms with Gasteiger partial charge in [0.2, 0.25) is 0 Å². The summed E-state index contributed by atoms with van der Waals surface area (Å²) in [6.07, 6.45) is 3.97. The van der Waals surface area contributed by atoms with Crippen LogP contribution in [0.2, 0.25) is 0 Å². The number of nitrogens with zero attached hydrogens (tertiary/aromatic N) is 2. The van der Waals surface area contributed by atoms with Gasteiger partial charge >= 0.3 is 5.97 Å². The lowest BCUT2D eigenvalue weighted by molar-refractivity contribution is 0.0462. The minimum atomic E-state index is -0.640. The highest BCUT2D eigenvalue weighted by molar-refractivity contribution is 6.02. The van der Waals surface area contributed by atoms with Crippen LogP contribution in [-0.2, 0) is 17.9 Å². The highest BCUT2D eigenvalue weighted by Crippen LogP contribution is 2.22. The Balaban J connectivity index is 1.89. The summed E-state index contributed by atoms with van der Waals surface area (Å²) >= 11 is 0. The van der Waals surface area contributed by atoms with Crippen molar-refractivity contribution in [2.45, 2.75) is 52.7 Å². The van der Waals surface area contributed by atoms with Crippen molar-refractivity contribution in [1.29, 1.82) is 0 Å². The molecule has 0 amide bonds. The zero-order valence-corrected chi connectivity index (χ0v) is 18.7. The summed E-state index contributed by atoms with van der Waals surface area (Å²) in [6.45, 7) is 3.94. The van der Waals surface area contributed by atoms with E-state index in [2.05, 4.69) is 12.0 Å². The molecule has 0 aliphatic heterocycles. The Morgan fingerprint density at radius 3 is 2.47 bits per heavy atom. The Morgan fingerprint density at radius 1 is 1.03 bits per heavy atom. The van der Waals surface area contributed by atoms with Crippen LogP contribution in [0.4, 0.5) is 0 Å². The topological polar surface area (TPSA) is 87.5 Å². The first-order chi connectivity index (χ1) is 15.5. The van der Waals surface area contributed by atoms with Gasteiger partial charge in [0.25, 0.3) is 5.56 Å². The fraction of sp³-hybridized carbons (Fsp3) is 0.360. The molecule has 0 unspecified atom stereocenters. The molecule has 0 saturated heterocycles. The quantitative estimate of drug-likeness (QED) is 0.263. The van der Waals surface area contributed by atoms with E-state index in [0.29, 0.717) is 34.2 Å². The van der Waals surface area contributed by atoms with E-state index in [-0.39, 0.29) is 23.6 Å². The number of carbonyl (C=O) groups excluding carboxylic acids is 2. The Labute approximate surface area is 187 Å². The first-order valence-electron chi connectivity index (χ1n) is 10.8. The van der Waals surface area contributed by atoms with Gasteiger partial charge < -0.3 is 9.47 Å². The third kappa shape index (κ3) is 5.22. The molecule has 0 radical (unpaired) electrons. The fourth-order valence-corrected chi connectivity index (χ4v) is 3.55. The molecule has 0 aliphatic rings. The van der Waals surface area contributed by atoms with Crippen LogP contribution >= 0.6 is 0 Å². The molecule has 7 heteroatoms. The van der Waals surface area contributed by atoms with E-state index >= 15 is 0 Å². The van der Waals surface area contributed by atoms with Gasteiger partial charge in [-0.1, -0.05) is 44.4 Å². The van der Waals surface area contributed by atoms with Crippen LogP contribution < -0.4 is 10.3 Å². The van der Waals surface area contributed by atoms with Gasteiger partial charge in [0.15, 0.2) is 11.5 Å². The van der Waals surface area contributed by atoms with Crippen molar-refractivity contribution in [1.82, 2.24) is 9.78 Å². The van der Waals surface area contributed by atoms with Crippen LogP contribution in [0.5, 0.6) is 5.75 Å². The smallest absolute Gasteiger partial charge is 0.359 e. The molecular weight excluding hydrogens is 408 g/mol. The van der Waals surface area contributed by atoms with Gasteiger partial charge in [-0.05, 0) is 37.6 Å². The average Bonchev–Trinajstić information content (AvgIpc) is 2.81. The van der Waals surface area contributed by atoms with Crippen molar-refractivity contribution in [3.05, 3.63) is 69.6 Å². The second kappa shape index (κ2) is 10.7. The number of ether oxygens (including phenoxy) is 2. The van der Waals surface area contributed by atoms with Gasteiger partial charge in [-0.25, -0.2) is 9.48 Å². The van der Waals surface area contributed by atoms with Crippen LogP contribution in [0.3, 0.4) is 0 Å². The lowest BCUT2D eigenvalue weighted by Crippen LogP contribution is -2.26. The number of rotatable bonds is 10. The second-order valence-electron chi connectivity index (χ2n) is 7.64. The van der Waals surface area contributed by atoms with Gasteiger partial charge in [0.1, 0.15) is 12.4 Å². The van der Waals surface area contributed by atoms with E-state index in [9.17, 15) is 14.4 Å². The minimum absolute atomic E-state index is 0.0885. The molecule has 0 N–H and O–H groups in total. The molecule has 168 valence electrons. The second-order valence-corrected chi connectivity index (χ2v) is 7.64. The highest BCUT2D eigenvalue weighted by Gasteiger charge is 2.19. The van der Waals surface area contributed by atoms with Crippen molar-refractivity contribution in [2.75, 3.05) is 7.11 Å². The number of aromatic nitrogens is 2. The number of aryl methyl sites for hydroxylation is 1. The number of methoxy groups -OCH3 is 1. The Hall–Kier alpha value is -3.48. The maximum absolute atomic E-state index is 13.0. The standard InChI is InChI=1S/C25H28N2O5/c1-4-5-6-9-14-27-24(29)21-11-8-7-10-20(21)23(26-27)25(30)32-16-19-15-18(17(2)28)12-13-22(19)31-3/h7-8,10-13,15H,4-6,9,14,16H2,1-3H3. The lowest BCUT2D eigenvalue weighted by Gasteiger charge is -2.13. The van der Waals surface area contributed by atoms with Gasteiger partial charge in [0, 0.05) is 23.1 Å². The molecule has 0 spiro atoms. The minimum Gasteiger partial charge on any atom is -0.496 e. The van der Waals surface area contributed by atoms with Crippen LogP contribution in [0.1, 0.15) is 65.9 Å². The number of esters is 1. The molecular formula is C25H28N2O5. The molecule has 2 aromatic carbocycles. The lowest BCUT2D eigenvalue weighted by atomic mass is 10.1. The molecule has 0 saturated carbocycles. The number of carbonyl (C=O) groups is 2. The monoisotopic (exact) mass is 436 g/mol. The normalized spacial score (nSPS) is 10.8. The molecule has 3 rings (SSSR count). The van der Waals surface area contributed by atoms with Gasteiger partial charge in [-0.15, -0.1) is 0 Å². The van der Waals surface area contributed by atoms with E-state index in [1.807, 2.05) is 0 Å². The summed E-state index contributed by atoms with van der Waals surface area (Å²) in [4.78, 5) is 37.5. The van der Waals surface area contributed by atoms with E-state index < -0.39 is 5.97 Å². The number of benzene rings is 2. The number of Topliss-reactive ketones (excluding diaryl/α,β-unsaturated/α-hetero) is 1. The summed E-state index contributed by atoms with van der Waals surface area (Å²) in [5, 5.41) is 5.23. The third-order valence-corrected chi connectivity index (χ3v) is 5.33. The molecule has 3 aromatic rings. The number of hydrogen-bond donors (Lipinski definition) is 0. The highest BCUT2D eigenvalue weighted by atomic mass is 16.5. The number of fused-ring (bicyclic) bond motifs is 1. The van der Waals surface area contributed by atoms with E-state index in [1.165, 1.54) is 18.7 Å². The van der Waals surface area contributed by atoms with E-state index in [4.69, 9.17) is 9.47 Å². The van der Waals surface area contributed by atoms with Crippen molar-refractivity contribution in [3.63, 3.8) is 0 Å².